The topological polar surface area (TPSA) is 46.5 Å². The Bertz CT molecular complexity index is 1160. The summed E-state index contributed by atoms with van der Waals surface area (Å²) in [4.78, 5) is 11.5. The third-order valence-electron chi connectivity index (χ3n) is 5.93. The van der Waals surface area contributed by atoms with E-state index in [0.29, 0.717) is 19.4 Å². The number of hydrogen-bond acceptors (Lipinski definition) is 3. The van der Waals surface area contributed by atoms with Crippen LogP contribution in [-0.2, 0) is 9.53 Å². The second kappa shape index (κ2) is 10.4. The second-order valence-electron chi connectivity index (χ2n) is 8.16. The first-order valence-electron chi connectivity index (χ1n) is 11.4. The molecule has 3 nitrogen and oxygen atoms in total. The first-order valence-corrected chi connectivity index (χ1v) is 11.4. The summed E-state index contributed by atoms with van der Waals surface area (Å²) in [6.45, 7) is 0.387. The molecule has 3 heteroatoms. The molecule has 0 aromatic heterocycles. The number of benzene rings is 4. The molecule has 0 heterocycles. The van der Waals surface area contributed by atoms with Gasteiger partial charge in [-0.3, -0.25) is 4.79 Å². The molecule has 4 rings (SSSR count). The molecule has 0 aliphatic heterocycles. The normalized spacial score (nSPS) is 11.9. The van der Waals surface area contributed by atoms with E-state index < -0.39 is 0 Å². The maximum absolute atomic E-state index is 11.5. The standard InChI is InChI=1S/C28H30O3/c29-19-8-20-31-26(30)12-6-4-2-1-3-5-9-21-13-14-24-16-15-22-10-7-11-23-17-18-25(21)28(24)27(22)23/h5,7,9-11,13-18,29H,1-4,6,8,12,19-20H2. The zero-order valence-corrected chi connectivity index (χ0v) is 18.0. The van der Waals surface area contributed by atoms with Gasteiger partial charge in [-0.15, -0.1) is 0 Å². The minimum absolute atomic E-state index is 0.0649. The molecule has 0 fully saturated rings. The predicted octanol–water partition coefficient (Wildman–Crippen LogP) is 6.86. The van der Waals surface area contributed by atoms with Crippen LogP contribution in [0.25, 0.3) is 38.4 Å². The highest BCUT2D eigenvalue weighted by Gasteiger charge is 2.09. The van der Waals surface area contributed by atoms with Crippen molar-refractivity contribution in [2.24, 2.45) is 0 Å². The van der Waals surface area contributed by atoms with E-state index >= 15 is 0 Å². The number of allylic oxidation sites excluding steroid dienone is 1. The predicted molar refractivity (Wildman–Crippen MR) is 130 cm³/mol. The second-order valence-corrected chi connectivity index (χ2v) is 8.16. The quantitative estimate of drug-likeness (QED) is 0.166. The zero-order chi connectivity index (χ0) is 21.5. The average Bonchev–Trinajstić information content (AvgIpc) is 2.80. The van der Waals surface area contributed by atoms with Gasteiger partial charge in [0.25, 0.3) is 0 Å². The molecule has 0 saturated heterocycles. The summed E-state index contributed by atoms with van der Waals surface area (Å²) in [7, 11) is 0. The van der Waals surface area contributed by atoms with Crippen LogP contribution >= 0.6 is 0 Å². The Morgan fingerprint density at radius 1 is 0.806 bits per heavy atom. The van der Waals surface area contributed by atoms with Gasteiger partial charge in [-0.1, -0.05) is 79.6 Å². The van der Waals surface area contributed by atoms with Crippen LogP contribution in [0.5, 0.6) is 0 Å². The van der Waals surface area contributed by atoms with Gasteiger partial charge in [0.05, 0.1) is 6.61 Å². The number of carbonyl (C=O) groups excluding carboxylic acids is 1. The maximum atomic E-state index is 11.5. The van der Waals surface area contributed by atoms with Crippen LogP contribution in [0.1, 0.15) is 50.5 Å². The minimum Gasteiger partial charge on any atom is -0.466 e. The highest BCUT2D eigenvalue weighted by atomic mass is 16.5. The van der Waals surface area contributed by atoms with Crippen LogP contribution in [0, 0.1) is 0 Å². The van der Waals surface area contributed by atoms with E-state index in [-0.39, 0.29) is 12.6 Å². The summed E-state index contributed by atoms with van der Waals surface area (Å²) in [6.07, 6.45) is 10.7. The van der Waals surface area contributed by atoms with Crippen molar-refractivity contribution in [2.45, 2.75) is 44.9 Å². The third-order valence-corrected chi connectivity index (χ3v) is 5.93. The number of ether oxygens (including phenoxy) is 1. The lowest BCUT2D eigenvalue weighted by molar-refractivity contribution is -0.144. The Balaban J connectivity index is 1.31. The highest BCUT2D eigenvalue weighted by molar-refractivity contribution is 6.24. The van der Waals surface area contributed by atoms with Crippen LogP contribution in [0.4, 0.5) is 0 Å². The van der Waals surface area contributed by atoms with Gasteiger partial charge >= 0.3 is 5.97 Å². The van der Waals surface area contributed by atoms with E-state index in [9.17, 15) is 4.79 Å². The van der Waals surface area contributed by atoms with E-state index in [1.54, 1.807) is 0 Å². The summed E-state index contributed by atoms with van der Waals surface area (Å²) in [5, 5.41) is 16.6. The monoisotopic (exact) mass is 414 g/mol. The molecule has 0 atom stereocenters. The first-order chi connectivity index (χ1) is 15.3. The molecule has 4 aromatic rings. The number of aliphatic hydroxyl groups is 1. The van der Waals surface area contributed by atoms with Crippen molar-refractivity contribution in [3.8, 4) is 0 Å². The molecule has 0 aliphatic rings. The van der Waals surface area contributed by atoms with Crippen molar-refractivity contribution < 1.29 is 14.6 Å². The molecule has 0 saturated carbocycles. The third kappa shape index (κ3) is 5.05. The number of rotatable bonds is 11. The fourth-order valence-electron chi connectivity index (χ4n) is 4.32. The number of esters is 1. The van der Waals surface area contributed by atoms with Gasteiger partial charge in [0.2, 0.25) is 0 Å². The van der Waals surface area contributed by atoms with Crippen molar-refractivity contribution in [1.29, 1.82) is 0 Å². The molecule has 1 N–H and O–H groups in total. The lowest BCUT2D eigenvalue weighted by Gasteiger charge is -2.12. The van der Waals surface area contributed by atoms with Crippen LogP contribution in [0.15, 0.2) is 60.7 Å². The molecule has 0 aliphatic carbocycles. The zero-order valence-electron chi connectivity index (χ0n) is 18.0. The Morgan fingerprint density at radius 2 is 1.52 bits per heavy atom. The van der Waals surface area contributed by atoms with E-state index in [2.05, 4.69) is 66.7 Å². The molecular weight excluding hydrogens is 384 g/mol. The number of hydrogen-bond donors (Lipinski definition) is 1. The van der Waals surface area contributed by atoms with E-state index in [0.717, 1.165) is 32.1 Å². The number of carbonyl (C=O) groups is 1. The van der Waals surface area contributed by atoms with Crippen molar-refractivity contribution in [3.63, 3.8) is 0 Å². The Labute approximate surface area is 183 Å². The van der Waals surface area contributed by atoms with Crippen LogP contribution in [-0.4, -0.2) is 24.3 Å². The van der Waals surface area contributed by atoms with Gasteiger partial charge in [-0.25, -0.2) is 0 Å². The smallest absolute Gasteiger partial charge is 0.305 e. The van der Waals surface area contributed by atoms with Crippen LogP contribution < -0.4 is 0 Å². The highest BCUT2D eigenvalue weighted by Crippen LogP contribution is 2.36. The van der Waals surface area contributed by atoms with Crippen LogP contribution in [0.3, 0.4) is 0 Å². The molecule has 0 spiro atoms. The van der Waals surface area contributed by atoms with Crippen LogP contribution in [0.2, 0.25) is 0 Å². The summed E-state index contributed by atoms with van der Waals surface area (Å²) in [5.74, 6) is -0.151. The Hall–Kier alpha value is -2.91. The van der Waals surface area contributed by atoms with Gasteiger partial charge < -0.3 is 9.84 Å². The SMILES string of the molecule is O=C(CCCCCCC=Cc1ccc2ccc3cccc4ccc1c2c34)OCCCO. The first kappa shape index (κ1) is 21.3. The largest absolute Gasteiger partial charge is 0.466 e. The number of unbranched alkanes of at least 4 members (excludes halogenated alkanes) is 4. The van der Waals surface area contributed by atoms with Crippen molar-refractivity contribution in [3.05, 3.63) is 66.2 Å². The summed E-state index contributed by atoms with van der Waals surface area (Å²) >= 11 is 0. The summed E-state index contributed by atoms with van der Waals surface area (Å²) in [6, 6.07) is 19.9. The average molecular weight is 415 g/mol. The maximum Gasteiger partial charge on any atom is 0.305 e. The van der Waals surface area contributed by atoms with E-state index in [1.807, 2.05) is 0 Å². The molecule has 0 unspecified atom stereocenters. The lowest BCUT2D eigenvalue weighted by Crippen LogP contribution is -2.06. The fourth-order valence-corrected chi connectivity index (χ4v) is 4.32. The molecule has 4 aromatic carbocycles. The van der Waals surface area contributed by atoms with Gasteiger partial charge in [0.15, 0.2) is 0 Å². The van der Waals surface area contributed by atoms with Crippen molar-refractivity contribution in [1.82, 2.24) is 0 Å². The molecule has 0 amide bonds. The fraction of sp³-hybridized carbons (Fsp3) is 0.321. The van der Waals surface area contributed by atoms with Gasteiger partial charge in [-0.2, -0.15) is 0 Å². The molecule has 0 radical (unpaired) electrons. The van der Waals surface area contributed by atoms with Gasteiger partial charge in [0, 0.05) is 19.4 Å². The van der Waals surface area contributed by atoms with Gasteiger partial charge in [-0.05, 0) is 57.1 Å². The molecule has 160 valence electrons. The Kier molecular flexibility index (Phi) is 7.16. The van der Waals surface area contributed by atoms with E-state index in [1.165, 1.54) is 37.9 Å². The minimum atomic E-state index is -0.151. The van der Waals surface area contributed by atoms with Crippen molar-refractivity contribution >= 4 is 44.4 Å². The molecule has 31 heavy (non-hydrogen) atoms. The van der Waals surface area contributed by atoms with E-state index in [4.69, 9.17) is 9.84 Å². The Morgan fingerprint density at radius 3 is 2.32 bits per heavy atom. The lowest BCUT2D eigenvalue weighted by atomic mass is 9.92. The molecule has 0 bridgehead atoms. The summed E-state index contributed by atoms with van der Waals surface area (Å²) < 4.78 is 5.04. The number of aliphatic hydroxyl groups excluding tert-OH is 1. The van der Waals surface area contributed by atoms with Gasteiger partial charge in [0.1, 0.15) is 0 Å². The van der Waals surface area contributed by atoms with Crippen molar-refractivity contribution in [2.75, 3.05) is 13.2 Å². The molecular formula is C28H30O3. The summed E-state index contributed by atoms with van der Waals surface area (Å²) in [5.41, 5.74) is 1.27.